The second-order valence-corrected chi connectivity index (χ2v) is 8.40. The van der Waals surface area contributed by atoms with Gasteiger partial charge >= 0.3 is 6.18 Å². The van der Waals surface area contributed by atoms with Crippen LogP contribution in [0.4, 0.5) is 13.2 Å². The number of halogens is 3. The molecule has 192 valence electrons. The molecule has 1 amide bonds. The summed E-state index contributed by atoms with van der Waals surface area (Å²) in [6.07, 6.45) is -1.62. The lowest BCUT2D eigenvalue weighted by molar-refractivity contribution is -0.138. The maximum Gasteiger partial charge on any atom is 0.416 e. The fourth-order valence-electron chi connectivity index (χ4n) is 3.99. The van der Waals surface area contributed by atoms with E-state index in [4.69, 9.17) is 16.2 Å². The summed E-state index contributed by atoms with van der Waals surface area (Å²) in [5.74, 6) is -0.687. The molecule has 0 aliphatic rings. The number of primary amides is 1. The zero-order chi connectivity index (χ0) is 26.7. The van der Waals surface area contributed by atoms with Crippen molar-refractivity contribution < 1.29 is 22.7 Å². The first-order valence-electron chi connectivity index (χ1n) is 11.2. The first kappa shape index (κ1) is 25.7. The lowest BCUT2D eigenvalue weighted by Gasteiger charge is -2.18. The van der Waals surface area contributed by atoms with E-state index in [1.54, 1.807) is 22.9 Å². The van der Waals surface area contributed by atoms with E-state index in [1.807, 2.05) is 24.3 Å². The van der Waals surface area contributed by atoms with Crippen LogP contribution < -0.4 is 21.8 Å². The molecule has 0 aliphatic heterocycles. The predicted molar refractivity (Wildman–Crippen MR) is 130 cm³/mol. The van der Waals surface area contributed by atoms with Gasteiger partial charge in [-0.3, -0.25) is 14.3 Å². The van der Waals surface area contributed by atoms with E-state index >= 15 is 0 Å². The summed E-state index contributed by atoms with van der Waals surface area (Å²) in [5.41, 5.74) is 11.9. The SMILES string of the molecule is COc1ccc(C(F)(F)F)c(C(N)c2nn(Cc3ccc(Cn4ccccc4=O)cc3)cc2C(N)=O)c1. The van der Waals surface area contributed by atoms with Gasteiger partial charge in [-0.15, -0.1) is 0 Å². The number of rotatable bonds is 8. The minimum Gasteiger partial charge on any atom is -0.497 e. The van der Waals surface area contributed by atoms with Crippen LogP contribution >= 0.6 is 0 Å². The van der Waals surface area contributed by atoms with E-state index in [1.165, 1.54) is 36.2 Å². The topological polar surface area (TPSA) is 118 Å². The number of benzene rings is 2. The van der Waals surface area contributed by atoms with Gasteiger partial charge < -0.3 is 20.8 Å². The van der Waals surface area contributed by atoms with Gasteiger partial charge in [-0.2, -0.15) is 18.3 Å². The molecule has 1 unspecified atom stereocenters. The summed E-state index contributed by atoms with van der Waals surface area (Å²) in [7, 11) is 1.32. The van der Waals surface area contributed by atoms with E-state index in [2.05, 4.69) is 5.10 Å². The average Bonchev–Trinajstić information content (AvgIpc) is 3.29. The van der Waals surface area contributed by atoms with Crippen molar-refractivity contribution in [1.82, 2.24) is 14.3 Å². The van der Waals surface area contributed by atoms with Crippen LogP contribution in [-0.4, -0.2) is 27.4 Å². The highest BCUT2D eigenvalue weighted by molar-refractivity contribution is 5.94. The van der Waals surface area contributed by atoms with Crippen LogP contribution in [0.15, 0.2) is 77.9 Å². The molecule has 4 N–H and O–H groups in total. The third kappa shape index (κ3) is 5.72. The molecule has 4 aromatic rings. The molecule has 0 fully saturated rings. The van der Waals surface area contributed by atoms with Crippen molar-refractivity contribution in [3.63, 3.8) is 0 Å². The molecule has 11 heteroatoms. The molecular formula is C26H24F3N5O3. The molecule has 1 atom stereocenters. The summed E-state index contributed by atoms with van der Waals surface area (Å²) in [5, 5.41) is 4.32. The molecule has 0 saturated heterocycles. The maximum atomic E-state index is 13.7. The van der Waals surface area contributed by atoms with Crippen LogP contribution in [0, 0.1) is 0 Å². The summed E-state index contributed by atoms with van der Waals surface area (Å²) in [4.78, 5) is 24.0. The largest absolute Gasteiger partial charge is 0.497 e. The van der Waals surface area contributed by atoms with Crippen molar-refractivity contribution in [2.75, 3.05) is 7.11 Å². The second kappa shape index (κ2) is 10.3. The van der Waals surface area contributed by atoms with Crippen LogP contribution in [0.3, 0.4) is 0 Å². The molecular weight excluding hydrogens is 487 g/mol. The van der Waals surface area contributed by atoms with Gasteiger partial charge in [0.05, 0.1) is 43.1 Å². The van der Waals surface area contributed by atoms with Crippen molar-refractivity contribution in [3.05, 3.63) is 117 Å². The van der Waals surface area contributed by atoms with E-state index < -0.39 is 23.7 Å². The minimum atomic E-state index is -4.68. The van der Waals surface area contributed by atoms with E-state index in [0.717, 1.165) is 17.2 Å². The molecule has 0 saturated carbocycles. The molecule has 0 bridgehead atoms. The average molecular weight is 512 g/mol. The van der Waals surface area contributed by atoms with Crippen LogP contribution in [0.25, 0.3) is 0 Å². The zero-order valence-electron chi connectivity index (χ0n) is 19.8. The Hall–Kier alpha value is -4.38. The number of nitrogens with two attached hydrogens (primary N) is 2. The third-order valence-corrected chi connectivity index (χ3v) is 5.87. The van der Waals surface area contributed by atoms with Crippen molar-refractivity contribution in [1.29, 1.82) is 0 Å². The predicted octanol–water partition coefficient (Wildman–Crippen LogP) is 3.32. The van der Waals surface area contributed by atoms with Crippen molar-refractivity contribution in [3.8, 4) is 5.75 Å². The number of pyridine rings is 1. The van der Waals surface area contributed by atoms with Crippen molar-refractivity contribution in [2.24, 2.45) is 11.5 Å². The highest BCUT2D eigenvalue weighted by Gasteiger charge is 2.36. The Balaban J connectivity index is 1.62. The number of hydrogen-bond donors (Lipinski definition) is 2. The number of carbonyl (C=O) groups is 1. The number of amides is 1. The number of methoxy groups -OCH3 is 1. The van der Waals surface area contributed by atoms with Crippen molar-refractivity contribution in [2.45, 2.75) is 25.3 Å². The molecule has 0 spiro atoms. The first-order valence-corrected chi connectivity index (χ1v) is 11.2. The van der Waals surface area contributed by atoms with Gasteiger partial charge in [0.25, 0.3) is 11.5 Å². The van der Waals surface area contributed by atoms with Crippen LogP contribution in [0.1, 0.15) is 44.3 Å². The summed E-state index contributed by atoms with van der Waals surface area (Å²) in [6, 6.07) is 14.1. The molecule has 8 nitrogen and oxygen atoms in total. The van der Waals surface area contributed by atoms with Gasteiger partial charge in [0.15, 0.2) is 0 Å². The standard InChI is InChI=1S/C26H24F3N5O3/c1-37-18-9-10-21(26(27,28)29)19(12-18)23(30)24-20(25(31)36)15-34(32-24)14-17-7-5-16(6-8-17)13-33-11-3-2-4-22(33)35/h2-12,15,23H,13-14,30H2,1H3,(H2,31,36). The van der Waals surface area contributed by atoms with Gasteiger partial charge in [0.1, 0.15) is 5.75 Å². The normalized spacial score (nSPS) is 12.4. The zero-order valence-corrected chi connectivity index (χ0v) is 19.8. The van der Waals surface area contributed by atoms with Crippen molar-refractivity contribution >= 4 is 5.91 Å². The Kier molecular flexibility index (Phi) is 7.16. The number of carbonyl (C=O) groups excluding carboxylic acids is 1. The Labute approximate surface area is 209 Å². The maximum absolute atomic E-state index is 13.7. The van der Waals surface area contributed by atoms with Gasteiger partial charge in [0, 0.05) is 18.5 Å². The third-order valence-electron chi connectivity index (χ3n) is 5.87. The Morgan fingerprint density at radius 2 is 1.73 bits per heavy atom. The smallest absolute Gasteiger partial charge is 0.416 e. The number of alkyl halides is 3. The Morgan fingerprint density at radius 1 is 1.05 bits per heavy atom. The van der Waals surface area contributed by atoms with Crippen LogP contribution in [0.2, 0.25) is 0 Å². The summed E-state index contributed by atoms with van der Waals surface area (Å²) >= 11 is 0. The first-order chi connectivity index (χ1) is 17.6. The Morgan fingerprint density at radius 3 is 2.32 bits per heavy atom. The fourth-order valence-corrected chi connectivity index (χ4v) is 3.99. The molecule has 0 aliphatic carbocycles. The van der Waals surface area contributed by atoms with Gasteiger partial charge in [0.2, 0.25) is 0 Å². The number of aromatic nitrogens is 3. The lowest BCUT2D eigenvalue weighted by Crippen LogP contribution is -2.22. The monoisotopic (exact) mass is 511 g/mol. The van der Waals surface area contributed by atoms with E-state index in [0.29, 0.717) is 6.54 Å². The highest BCUT2D eigenvalue weighted by atomic mass is 19.4. The van der Waals surface area contributed by atoms with Crippen LogP contribution in [0.5, 0.6) is 5.75 Å². The minimum absolute atomic E-state index is 0.0775. The lowest BCUT2D eigenvalue weighted by atomic mass is 9.96. The van der Waals surface area contributed by atoms with E-state index in [9.17, 15) is 22.8 Å². The fraction of sp³-hybridized carbons (Fsp3) is 0.192. The van der Waals surface area contributed by atoms with E-state index in [-0.39, 0.29) is 34.7 Å². The molecule has 0 radical (unpaired) electrons. The quantitative estimate of drug-likeness (QED) is 0.376. The van der Waals surface area contributed by atoms with Crippen LogP contribution in [-0.2, 0) is 19.3 Å². The van der Waals surface area contributed by atoms with Gasteiger partial charge in [-0.25, -0.2) is 0 Å². The molecule has 4 rings (SSSR count). The second-order valence-electron chi connectivity index (χ2n) is 8.40. The number of ether oxygens (including phenoxy) is 1. The van der Waals surface area contributed by atoms with Gasteiger partial charge in [-0.05, 0) is 41.0 Å². The molecule has 37 heavy (non-hydrogen) atoms. The summed E-state index contributed by atoms with van der Waals surface area (Å²) < 4.78 is 49.1. The van der Waals surface area contributed by atoms with Gasteiger partial charge in [-0.1, -0.05) is 30.3 Å². The Bertz CT molecular complexity index is 1480. The molecule has 2 aromatic heterocycles. The number of nitrogens with zero attached hydrogens (tertiary/aromatic N) is 3. The molecule has 2 heterocycles. The molecule has 2 aromatic carbocycles. The summed E-state index contributed by atoms with van der Waals surface area (Å²) in [6.45, 7) is 0.609. The highest BCUT2D eigenvalue weighted by Crippen LogP contribution is 2.38. The number of hydrogen-bond acceptors (Lipinski definition) is 5.